The molecule has 3 rings (SSSR count). The summed E-state index contributed by atoms with van der Waals surface area (Å²) < 4.78 is 0. The maximum absolute atomic E-state index is 2.41. The van der Waals surface area contributed by atoms with Crippen molar-refractivity contribution in [2.75, 3.05) is 19.0 Å². The van der Waals surface area contributed by atoms with Gasteiger partial charge in [-0.3, -0.25) is 0 Å². The summed E-state index contributed by atoms with van der Waals surface area (Å²) in [4.78, 5) is 2.16. The number of nitrogens with zero attached hydrogens (tertiary/aromatic N) is 1. The molecule has 0 heterocycles. The van der Waals surface area contributed by atoms with Gasteiger partial charge in [0.15, 0.2) is 0 Å². The topological polar surface area (TPSA) is 3.24 Å². The lowest BCUT2D eigenvalue weighted by Gasteiger charge is -2.32. The van der Waals surface area contributed by atoms with Gasteiger partial charge in [0.1, 0.15) is 0 Å². The standard InChI is InChI=1S/C16H19N/c1-17(2)16-5-3-4-13(11-16)15-9-7-12-6-8-14(12)10-15/h3-5,9-12H,6-8H2,1-2H3. The fraction of sp³-hybridized carbons (Fsp3) is 0.375. The zero-order valence-electron chi connectivity index (χ0n) is 10.6. The minimum atomic E-state index is 0.871. The van der Waals surface area contributed by atoms with Crippen LogP contribution in [0.15, 0.2) is 42.0 Å². The Kier molecular flexibility index (Phi) is 2.54. The van der Waals surface area contributed by atoms with Gasteiger partial charge in [0.2, 0.25) is 0 Å². The number of rotatable bonds is 2. The second kappa shape index (κ2) is 4.06. The molecule has 0 radical (unpaired) electrons. The first-order valence-electron chi connectivity index (χ1n) is 6.42. The predicted molar refractivity (Wildman–Crippen MR) is 74.2 cm³/mol. The summed E-state index contributed by atoms with van der Waals surface area (Å²) in [5.41, 5.74) is 5.71. The van der Waals surface area contributed by atoms with Crippen molar-refractivity contribution < 1.29 is 0 Å². The van der Waals surface area contributed by atoms with Crippen LogP contribution in [0, 0.1) is 5.92 Å². The molecule has 1 nitrogen and oxygen atoms in total. The Morgan fingerprint density at radius 2 is 2.12 bits per heavy atom. The molecule has 17 heavy (non-hydrogen) atoms. The Morgan fingerprint density at radius 1 is 1.24 bits per heavy atom. The number of anilines is 1. The highest BCUT2D eigenvalue weighted by molar-refractivity contribution is 5.78. The van der Waals surface area contributed by atoms with E-state index in [0.717, 1.165) is 5.92 Å². The van der Waals surface area contributed by atoms with Crippen LogP contribution in [0.5, 0.6) is 0 Å². The van der Waals surface area contributed by atoms with E-state index in [-0.39, 0.29) is 0 Å². The molecule has 1 aromatic rings. The van der Waals surface area contributed by atoms with E-state index >= 15 is 0 Å². The quantitative estimate of drug-likeness (QED) is 0.738. The Morgan fingerprint density at radius 3 is 2.76 bits per heavy atom. The molecule has 0 N–H and O–H groups in total. The molecule has 0 aromatic heterocycles. The molecule has 2 aliphatic rings. The lowest BCUT2D eigenvalue weighted by atomic mass is 9.73. The van der Waals surface area contributed by atoms with Gasteiger partial charge in [-0.2, -0.15) is 0 Å². The van der Waals surface area contributed by atoms with Crippen molar-refractivity contribution in [1.82, 2.24) is 0 Å². The first-order valence-corrected chi connectivity index (χ1v) is 6.42. The van der Waals surface area contributed by atoms with Crippen LogP contribution in [0.4, 0.5) is 5.69 Å². The van der Waals surface area contributed by atoms with Gasteiger partial charge < -0.3 is 4.90 Å². The summed E-state index contributed by atoms with van der Waals surface area (Å²) in [7, 11) is 4.18. The van der Waals surface area contributed by atoms with Gasteiger partial charge in [-0.1, -0.05) is 29.9 Å². The van der Waals surface area contributed by atoms with Crippen LogP contribution in [0.2, 0.25) is 0 Å². The molecule has 1 fully saturated rings. The summed E-state index contributed by atoms with van der Waals surface area (Å²) in [6.07, 6.45) is 8.77. The molecule has 1 atom stereocenters. The zero-order valence-corrected chi connectivity index (χ0v) is 10.6. The lowest BCUT2D eigenvalue weighted by molar-refractivity contribution is 0.445. The number of hydrogen-bond acceptors (Lipinski definition) is 1. The maximum Gasteiger partial charge on any atom is 0.0367 e. The van der Waals surface area contributed by atoms with Crippen LogP contribution in [-0.4, -0.2) is 14.1 Å². The molecular formula is C16H19N. The fourth-order valence-electron chi connectivity index (χ4n) is 2.67. The third kappa shape index (κ3) is 1.90. The molecule has 0 aliphatic heterocycles. The van der Waals surface area contributed by atoms with Crippen molar-refractivity contribution in [2.24, 2.45) is 5.92 Å². The highest BCUT2D eigenvalue weighted by Crippen LogP contribution is 2.42. The van der Waals surface area contributed by atoms with E-state index in [1.807, 2.05) is 0 Å². The smallest absolute Gasteiger partial charge is 0.0367 e. The van der Waals surface area contributed by atoms with Crippen LogP contribution >= 0.6 is 0 Å². The van der Waals surface area contributed by atoms with Crippen molar-refractivity contribution in [3.05, 3.63) is 47.6 Å². The van der Waals surface area contributed by atoms with E-state index in [0.29, 0.717) is 0 Å². The Bertz CT molecular complexity index is 494. The molecular weight excluding hydrogens is 206 g/mol. The van der Waals surface area contributed by atoms with Crippen molar-refractivity contribution in [3.63, 3.8) is 0 Å². The molecule has 0 bridgehead atoms. The largest absolute Gasteiger partial charge is 0.378 e. The van der Waals surface area contributed by atoms with Gasteiger partial charge >= 0.3 is 0 Å². The second-order valence-corrected chi connectivity index (χ2v) is 5.29. The van der Waals surface area contributed by atoms with Crippen molar-refractivity contribution in [2.45, 2.75) is 19.3 Å². The fourth-order valence-corrected chi connectivity index (χ4v) is 2.67. The molecule has 1 saturated carbocycles. The summed E-state index contributed by atoms with van der Waals surface area (Å²) in [5, 5.41) is 0. The number of benzene rings is 1. The number of fused-ring (bicyclic) bond motifs is 1. The van der Waals surface area contributed by atoms with Crippen molar-refractivity contribution in [3.8, 4) is 0 Å². The zero-order chi connectivity index (χ0) is 11.8. The molecule has 0 saturated heterocycles. The van der Waals surface area contributed by atoms with E-state index in [1.165, 1.54) is 36.1 Å². The molecule has 88 valence electrons. The molecule has 2 aliphatic carbocycles. The van der Waals surface area contributed by atoms with Gasteiger partial charge in [0, 0.05) is 19.8 Å². The SMILES string of the molecule is CN(C)c1cccc(C2=CCC3CCC3=C2)c1. The predicted octanol–water partition coefficient (Wildman–Crippen LogP) is 3.88. The van der Waals surface area contributed by atoms with E-state index in [9.17, 15) is 0 Å². The maximum atomic E-state index is 2.41. The summed E-state index contributed by atoms with van der Waals surface area (Å²) in [5.74, 6) is 0.871. The van der Waals surface area contributed by atoms with Gasteiger partial charge in [-0.05, 0) is 48.4 Å². The Labute approximate surface area is 103 Å². The van der Waals surface area contributed by atoms with E-state index in [4.69, 9.17) is 0 Å². The van der Waals surface area contributed by atoms with Crippen LogP contribution in [0.3, 0.4) is 0 Å². The molecule has 1 unspecified atom stereocenters. The average molecular weight is 225 g/mol. The van der Waals surface area contributed by atoms with Crippen molar-refractivity contribution in [1.29, 1.82) is 0 Å². The lowest BCUT2D eigenvalue weighted by Crippen LogP contribution is -2.17. The van der Waals surface area contributed by atoms with Gasteiger partial charge in [-0.15, -0.1) is 0 Å². The highest BCUT2D eigenvalue weighted by atomic mass is 15.1. The van der Waals surface area contributed by atoms with E-state index in [2.05, 4.69) is 55.4 Å². The van der Waals surface area contributed by atoms with Gasteiger partial charge in [-0.25, -0.2) is 0 Å². The third-order valence-electron chi connectivity index (χ3n) is 3.96. The first kappa shape index (κ1) is 10.6. The average Bonchev–Trinajstić information content (AvgIpc) is 2.31. The van der Waals surface area contributed by atoms with Crippen LogP contribution in [0.25, 0.3) is 5.57 Å². The summed E-state index contributed by atoms with van der Waals surface area (Å²) >= 11 is 0. The highest BCUT2D eigenvalue weighted by Gasteiger charge is 2.25. The number of allylic oxidation sites excluding steroid dienone is 4. The molecule has 0 amide bonds. The third-order valence-corrected chi connectivity index (χ3v) is 3.96. The van der Waals surface area contributed by atoms with Crippen LogP contribution in [0.1, 0.15) is 24.8 Å². The van der Waals surface area contributed by atoms with Crippen LogP contribution in [-0.2, 0) is 0 Å². The monoisotopic (exact) mass is 225 g/mol. The Hall–Kier alpha value is -1.50. The minimum Gasteiger partial charge on any atom is -0.378 e. The van der Waals surface area contributed by atoms with Gasteiger partial charge in [0.25, 0.3) is 0 Å². The van der Waals surface area contributed by atoms with Crippen LogP contribution < -0.4 is 4.90 Å². The molecule has 1 heteroatoms. The van der Waals surface area contributed by atoms with E-state index < -0.39 is 0 Å². The Balaban J connectivity index is 1.92. The second-order valence-electron chi connectivity index (χ2n) is 5.29. The summed E-state index contributed by atoms with van der Waals surface area (Å²) in [6.45, 7) is 0. The molecule has 0 spiro atoms. The first-order chi connectivity index (χ1) is 8.24. The van der Waals surface area contributed by atoms with Gasteiger partial charge in [0.05, 0.1) is 0 Å². The van der Waals surface area contributed by atoms with Crippen molar-refractivity contribution >= 4 is 11.3 Å². The normalized spacial score (nSPS) is 22.1. The molecule has 1 aromatic carbocycles. The number of hydrogen-bond donors (Lipinski definition) is 0. The van der Waals surface area contributed by atoms with E-state index in [1.54, 1.807) is 5.57 Å². The minimum absolute atomic E-state index is 0.871. The summed E-state index contributed by atoms with van der Waals surface area (Å²) in [6, 6.07) is 8.81.